The van der Waals surface area contributed by atoms with Gasteiger partial charge in [-0.25, -0.2) is 24.0 Å². The number of rotatable bonds is 27. The number of thioether (sulfide) groups is 1. The molecule has 3 aromatic heterocycles. The monoisotopic (exact) mass is 1250 g/mol. The Kier molecular flexibility index (Phi) is 21.5. The summed E-state index contributed by atoms with van der Waals surface area (Å²) in [7, 11) is 0. The van der Waals surface area contributed by atoms with Crippen LogP contribution >= 0.6 is 11.8 Å². The zero-order valence-corrected chi connectivity index (χ0v) is 55.3. The first kappa shape index (κ1) is 68.0. The fourth-order valence-electron chi connectivity index (χ4n) is 13.0. The molecule has 2 saturated heterocycles. The summed E-state index contributed by atoms with van der Waals surface area (Å²) < 4.78 is 20.6. The summed E-state index contributed by atoms with van der Waals surface area (Å²) in [6, 6.07) is 7.62. The number of ether oxygens (including phenoxy) is 3. The number of aromatic nitrogens is 5. The average Bonchev–Trinajstić information content (AvgIpc) is 1.66. The number of aryl methyl sites for hydroxylation is 2. The summed E-state index contributed by atoms with van der Waals surface area (Å²) in [5.74, 6) is -1.30. The fourth-order valence-corrected chi connectivity index (χ4v) is 13.8. The van der Waals surface area contributed by atoms with Crippen LogP contribution in [0.1, 0.15) is 182 Å². The van der Waals surface area contributed by atoms with Gasteiger partial charge in [0.05, 0.1) is 41.1 Å². The molecule has 0 saturated carbocycles. The average molecular weight is 1250 g/mol. The minimum absolute atomic E-state index is 0.0229. The van der Waals surface area contributed by atoms with E-state index in [4.69, 9.17) is 24.3 Å². The lowest BCUT2D eigenvalue weighted by molar-refractivity contribution is -0.190. The van der Waals surface area contributed by atoms with Crippen LogP contribution in [0.4, 0.5) is 4.79 Å². The molecule has 4 aliphatic heterocycles. The number of nitrogens with zero attached hydrogens (tertiary/aromatic N) is 9. The van der Waals surface area contributed by atoms with Gasteiger partial charge in [0.1, 0.15) is 18.9 Å². The molecule has 4 aliphatic rings. The Bertz CT molecular complexity index is 3360. The van der Waals surface area contributed by atoms with Crippen LogP contribution in [-0.4, -0.2) is 165 Å². The van der Waals surface area contributed by atoms with Gasteiger partial charge < -0.3 is 48.8 Å². The first-order chi connectivity index (χ1) is 42.1. The second-order valence-electron chi connectivity index (χ2n) is 26.6. The van der Waals surface area contributed by atoms with Gasteiger partial charge in [-0.15, -0.1) is 5.10 Å². The maximum absolute atomic E-state index is 14.5. The number of carbonyl (C=O) groups is 7. The number of amides is 4. The lowest BCUT2D eigenvalue weighted by Gasteiger charge is -2.56. The Morgan fingerprint density at radius 3 is 2.19 bits per heavy atom. The van der Waals surface area contributed by atoms with Gasteiger partial charge in [-0.3, -0.25) is 24.0 Å². The van der Waals surface area contributed by atoms with Gasteiger partial charge in [0.25, 0.3) is 5.56 Å². The number of likely N-dealkylation sites (tertiary alicyclic amines) is 2. The Balaban J connectivity index is 0.874. The molecule has 2 N–H and O–H groups in total. The maximum Gasteiger partial charge on any atom is 0.415 e. The molecule has 7 heterocycles. The number of carboxylic acids is 1. The lowest BCUT2D eigenvalue weighted by atomic mass is 9.69. The van der Waals surface area contributed by atoms with Gasteiger partial charge in [0, 0.05) is 114 Å². The van der Waals surface area contributed by atoms with Crippen molar-refractivity contribution >= 4 is 64.4 Å². The number of pyridine rings is 2. The summed E-state index contributed by atoms with van der Waals surface area (Å²) in [6.07, 6.45) is 8.92. The van der Waals surface area contributed by atoms with Crippen LogP contribution < -0.4 is 15.6 Å². The molecule has 1 aromatic carbocycles. The molecule has 0 bridgehead atoms. The van der Waals surface area contributed by atoms with Crippen LogP contribution in [0.2, 0.25) is 0 Å². The third-order valence-corrected chi connectivity index (χ3v) is 21.0. The van der Waals surface area contributed by atoms with E-state index in [-0.39, 0.29) is 85.9 Å². The number of carboxylic acid groups (broad SMARTS) is 1. The minimum Gasteiger partial charge on any atom is -0.481 e. The lowest BCUT2D eigenvalue weighted by Crippen LogP contribution is -2.65. The topological polar surface area (TPSA) is 258 Å². The molecular weight excluding hydrogens is 1160 g/mol. The molecule has 0 radical (unpaired) electrons. The van der Waals surface area contributed by atoms with Crippen LogP contribution in [0, 0.1) is 10.8 Å². The number of aliphatic carboxylic acids is 1. The molecule has 8 rings (SSSR count). The van der Waals surface area contributed by atoms with Gasteiger partial charge in [-0.2, -0.15) is 11.8 Å². The molecule has 4 aromatic rings. The second-order valence-corrected chi connectivity index (χ2v) is 27.8. The Morgan fingerprint density at radius 2 is 1.53 bits per heavy atom. The van der Waals surface area contributed by atoms with Crippen molar-refractivity contribution < 1.29 is 52.9 Å². The first-order valence-electron chi connectivity index (χ1n) is 32.0. The van der Waals surface area contributed by atoms with Crippen LogP contribution in [0.3, 0.4) is 0 Å². The van der Waals surface area contributed by atoms with Crippen LogP contribution in [-0.2, 0) is 76.4 Å². The third kappa shape index (κ3) is 14.5. The van der Waals surface area contributed by atoms with E-state index < -0.39 is 52.0 Å². The Morgan fingerprint density at radius 1 is 0.843 bits per heavy atom. The van der Waals surface area contributed by atoms with Crippen molar-refractivity contribution in [3.05, 3.63) is 68.8 Å². The van der Waals surface area contributed by atoms with Crippen LogP contribution in [0.25, 0.3) is 22.3 Å². The van der Waals surface area contributed by atoms with Crippen LogP contribution in [0.15, 0.2) is 35.3 Å². The highest BCUT2D eigenvalue weighted by Gasteiger charge is 2.52. The highest BCUT2D eigenvalue weighted by molar-refractivity contribution is 7.99. The highest BCUT2D eigenvalue weighted by Crippen LogP contribution is 2.45. The van der Waals surface area contributed by atoms with Crippen molar-refractivity contribution in [1.82, 2.24) is 49.5 Å². The number of piperidine rings is 2. The molecule has 0 unspecified atom stereocenters. The standard InChI is InChI=1S/C66H94N10O12S/c1-13-46-47-35-45(87-61(85)72-30-25-44(26-31-72)71-28-18-17-19-29-71)23-24-51(47)68-58-48(46)38-74-52(58)36-50-49(59(74)83)40-86-60(84)66(50,16-4)88-57(82)39-73-37-43(69-70-73)21-20-22-53(77)67-41-62(5,6)64(9,10)76(55(79)15-3)42-63(7,8)65(11,12)75(54(78)14-2)32-34-89-33-27-56(80)81/h23-24,35-37,44H,13-22,25-34,38-42H2,1-12H3,(H,67,77)(H,80,81)/t66-/m0/s1. The Labute approximate surface area is 527 Å². The molecule has 0 aliphatic carbocycles. The molecule has 2 fully saturated rings. The number of hydrogen-bond donors (Lipinski definition) is 2. The molecule has 22 nitrogen and oxygen atoms in total. The van der Waals surface area contributed by atoms with E-state index in [2.05, 4.69) is 34.4 Å². The van der Waals surface area contributed by atoms with Gasteiger partial charge in [-0.05, 0) is 122 Å². The molecular formula is C66H94N10O12S. The summed E-state index contributed by atoms with van der Waals surface area (Å²) in [6.45, 7) is 27.7. The number of esters is 2. The summed E-state index contributed by atoms with van der Waals surface area (Å²) >= 11 is 1.49. The fraction of sp³-hybridized carbons (Fsp3) is 0.652. The maximum atomic E-state index is 14.5. The van der Waals surface area contributed by atoms with E-state index in [1.165, 1.54) is 35.7 Å². The summed E-state index contributed by atoms with van der Waals surface area (Å²) in [5.41, 5.74) is -0.576. The first-order valence-corrected chi connectivity index (χ1v) is 33.2. The predicted molar refractivity (Wildman–Crippen MR) is 339 cm³/mol. The van der Waals surface area contributed by atoms with Crippen molar-refractivity contribution in [2.24, 2.45) is 10.8 Å². The predicted octanol–water partition coefficient (Wildman–Crippen LogP) is 8.67. The largest absolute Gasteiger partial charge is 0.481 e. The van der Waals surface area contributed by atoms with Gasteiger partial charge >= 0.3 is 24.0 Å². The van der Waals surface area contributed by atoms with Crippen molar-refractivity contribution in [3.63, 3.8) is 0 Å². The van der Waals surface area contributed by atoms with E-state index in [0.29, 0.717) is 97.8 Å². The highest BCUT2D eigenvalue weighted by atomic mass is 32.2. The van der Waals surface area contributed by atoms with E-state index in [1.807, 2.05) is 84.2 Å². The van der Waals surface area contributed by atoms with Gasteiger partial charge in [0.15, 0.2) is 0 Å². The number of cyclic esters (lactones) is 1. The van der Waals surface area contributed by atoms with Crippen molar-refractivity contribution in [2.45, 2.75) is 209 Å². The van der Waals surface area contributed by atoms with E-state index in [0.717, 1.165) is 42.4 Å². The normalized spacial score (nSPS) is 17.3. The number of hydrogen-bond acceptors (Lipinski definition) is 16. The zero-order valence-electron chi connectivity index (χ0n) is 54.5. The molecule has 0 spiro atoms. The molecule has 1 atom stereocenters. The van der Waals surface area contributed by atoms with Gasteiger partial charge in [-0.1, -0.05) is 67.0 Å². The molecule has 4 amide bonds. The number of nitrogens with one attached hydrogen (secondary N) is 1. The van der Waals surface area contributed by atoms with E-state index in [9.17, 15) is 38.4 Å². The van der Waals surface area contributed by atoms with Crippen molar-refractivity contribution in [3.8, 4) is 17.1 Å². The SMILES string of the molecule is CCC(=O)N(CC(C)(C)C(C)(C)N(CCSCCC(=O)O)C(=O)CC)C(C)(C)C(C)(C)CNC(=O)CCCc1cn(CC(=O)O[C@]2(CC)C(=O)OCc3c2cc2n(c3=O)Cc3c-2nc2ccc(OC(=O)N4CCC(N5CCCCC5)CC4)cc2c3CC)nn1. The molecule has 23 heteroatoms. The number of carbonyl (C=O) groups excluding carboxylic acids is 6. The second kappa shape index (κ2) is 28.1. The Hall–Kier alpha value is -6.88. The van der Waals surface area contributed by atoms with Crippen LogP contribution in [0.5, 0.6) is 5.75 Å². The quantitative estimate of drug-likeness (QED) is 0.0368. The number of benzene rings is 1. The van der Waals surface area contributed by atoms with Crippen molar-refractivity contribution in [1.29, 1.82) is 0 Å². The summed E-state index contributed by atoms with van der Waals surface area (Å²) in [5, 5.41) is 21.4. The summed E-state index contributed by atoms with van der Waals surface area (Å²) in [4.78, 5) is 121. The smallest absolute Gasteiger partial charge is 0.415 e. The minimum atomic E-state index is -1.95. The zero-order chi connectivity index (χ0) is 64.8. The van der Waals surface area contributed by atoms with Gasteiger partial charge in [0.2, 0.25) is 23.3 Å². The third-order valence-electron chi connectivity index (χ3n) is 20.0. The molecule has 486 valence electrons. The van der Waals surface area contributed by atoms with Crippen molar-refractivity contribution in [2.75, 3.05) is 57.3 Å². The van der Waals surface area contributed by atoms with E-state index in [1.54, 1.807) is 34.7 Å². The molecule has 89 heavy (non-hydrogen) atoms. The number of fused-ring (bicyclic) bond motifs is 5. The van der Waals surface area contributed by atoms with E-state index >= 15 is 0 Å².